The number of rotatable bonds is 13. The second-order valence-corrected chi connectivity index (χ2v) is 23.1. The lowest BCUT2D eigenvalue weighted by Crippen LogP contribution is -2.56. The van der Waals surface area contributed by atoms with Crippen LogP contribution in [0.25, 0.3) is 0 Å². The number of ether oxygens (including phenoxy) is 3. The van der Waals surface area contributed by atoms with Gasteiger partial charge in [0.15, 0.2) is 8.32 Å². The van der Waals surface area contributed by atoms with Gasteiger partial charge in [-0.3, -0.25) is 9.59 Å². The highest BCUT2D eigenvalue weighted by Gasteiger charge is 2.61. The van der Waals surface area contributed by atoms with Crippen LogP contribution in [0.15, 0.2) is 34.8 Å². The van der Waals surface area contributed by atoms with Crippen LogP contribution >= 0.6 is 27.7 Å². The highest BCUT2D eigenvalue weighted by Crippen LogP contribution is 2.61. The fourth-order valence-corrected chi connectivity index (χ4v) is 16.8. The molecule has 0 saturated heterocycles. The molecular weight excluding hydrogens is 718 g/mol. The number of carbonyl (C=O) groups excluding carboxylic acids is 2. The molecule has 0 N–H and O–H groups in total. The minimum Gasteiger partial charge on any atom is -0.497 e. The molecule has 7 nitrogen and oxygen atoms in total. The molecule has 2 fully saturated rings. The average molecular weight is 773 g/mol. The molecule has 4 aliphatic rings. The molecule has 10 heteroatoms. The number of methoxy groups -OCH3 is 1. The van der Waals surface area contributed by atoms with Crippen LogP contribution in [-0.2, 0) is 31.7 Å². The summed E-state index contributed by atoms with van der Waals surface area (Å²) >= 11 is 5.75. The Kier molecular flexibility index (Phi) is 10.9. The van der Waals surface area contributed by atoms with E-state index in [-0.39, 0.29) is 29.1 Å². The largest absolute Gasteiger partial charge is 0.497 e. The van der Waals surface area contributed by atoms with Crippen LogP contribution in [0.2, 0.25) is 16.6 Å². The third kappa shape index (κ3) is 6.85. The molecule has 1 spiro atoms. The average Bonchev–Trinajstić information content (AvgIpc) is 3.84. The maximum absolute atomic E-state index is 13.7. The first kappa shape index (κ1) is 36.8. The van der Waals surface area contributed by atoms with Gasteiger partial charge in [0.1, 0.15) is 33.6 Å². The number of Topliss-reactive ketones (excluding diaryl/α,β-unsaturated/α-hetero) is 1. The quantitative estimate of drug-likeness (QED) is 0.188. The Morgan fingerprint density at radius 1 is 1.06 bits per heavy atom. The summed E-state index contributed by atoms with van der Waals surface area (Å²) in [5.74, 6) is 3.99. The van der Waals surface area contributed by atoms with E-state index in [1.54, 1.807) is 14.0 Å². The van der Waals surface area contributed by atoms with Crippen molar-refractivity contribution in [2.75, 3.05) is 20.3 Å². The monoisotopic (exact) mass is 771 g/mol. The molecule has 2 aromatic rings. The summed E-state index contributed by atoms with van der Waals surface area (Å²) in [6.07, 6.45) is 3.56. The smallest absolute Gasteiger partial charge is 0.220 e. The van der Waals surface area contributed by atoms with Gasteiger partial charge in [-0.05, 0) is 87.1 Å². The third-order valence-electron chi connectivity index (χ3n) is 11.7. The highest BCUT2D eigenvalue weighted by atomic mass is 79.9. The lowest BCUT2D eigenvalue weighted by Gasteiger charge is -2.47. The number of ketones is 1. The molecule has 0 bridgehead atoms. The van der Waals surface area contributed by atoms with Gasteiger partial charge in [0.05, 0.1) is 31.8 Å². The highest BCUT2D eigenvalue weighted by molar-refractivity contribution is 9.10. The van der Waals surface area contributed by atoms with Gasteiger partial charge < -0.3 is 23.5 Å². The normalized spacial score (nSPS) is 24.9. The molecule has 1 amide bonds. The fourth-order valence-electron chi connectivity index (χ4n) is 9.25. The maximum Gasteiger partial charge on any atom is 0.220 e. The van der Waals surface area contributed by atoms with E-state index in [2.05, 4.69) is 75.7 Å². The molecule has 49 heavy (non-hydrogen) atoms. The van der Waals surface area contributed by atoms with Crippen LogP contribution in [0.3, 0.4) is 0 Å². The van der Waals surface area contributed by atoms with Crippen molar-refractivity contribution in [3.05, 3.63) is 51.5 Å². The van der Waals surface area contributed by atoms with Crippen molar-refractivity contribution in [2.45, 2.75) is 132 Å². The Morgan fingerprint density at radius 3 is 2.33 bits per heavy atom. The summed E-state index contributed by atoms with van der Waals surface area (Å²) in [6.45, 7) is 17.1. The summed E-state index contributed by atoms with van der Waals surface area (Å²) in [5, 5.41) is -0.0392. The van der Waals surface area contributed by atoms with E-state index in [0.717, 1.165) is 38.6 Å². The number of nitrogens with zero attached hydrogens (tertiary/aromatic N) is 1. The minimum absolute atomic E-state index is 0.0392. The number of benzene rings is 2. The van der Waals surface area contributed by atoms with Crippen LogP contribution < -0.4 is 14.2 Å². The molecule has 4 atom stereocenters. The Bertz CT molecular complexity index is 1520. The lowest BCUT2D eigenvalue weighted by atomic mass is 9.64. The number of hydrogen-bond acceptors (Lipinski definition) is 7. The zero-order valence-electron chi connectivity index (χ0n) is 30.5. The summed E-state index contributed by atoms with van der Waals surface area (Å²) in [5.41, 5.74) is 4.19. The fraction of sp³-hybridized carbons (Fsp3) is 0.641. The molecule has 6 rings (SSSR count). The van der Waals surface area contributed by atoms with Crippen molar-refractivity contribution >= 4 is 47.7 Å². The zero-order valence-corrected chi connectivity index (χ0v) is 33.9. The zero-order chi connectivity index (χ0) is 35.2. The molecule has 2 aliphatic carbocycles. The lowest BCUT2D eigenvalue weighted by molar-refractivity contribution is -0.134. The van der Waals surface area contributed by atoms with Gasteiger partial charge in [-0.25, -0.2) is 0 Å². The Hall–Kier alpha value is -2.01. The van der Waals surface area contributed by atoms with E-state index in [1.165, 1.54) is 18.4 Å². The SMILES string of the molecule is COc1ccc(CS[C@@H]2CC(=O)C[C@H]3Oc4c(Br)c(OCC5CC5)cc5c4[C@]32C[C@@H](CO[Si](C(C)C)(C(C)C)C(C)C)N(C(C)=O)C5)cc1. The van der Waals surface area contributed by atoms with Crippen molar-refractivity contribution in [1.29, 1.82) is 0 Å². The number of carbonyl (C=O) groups is 2. The first-order valence-electron chi connectivity index (χ1n) is 18.1. The van der Waals surface area contributed by atoms with E-state index in [4.69, 9.17) is 18.6 Å². The van der Waals surface area contributed by atoms with E-state index in [1.807, 2.05) is 28.8 Å². The van der Waals surface area contributed by atoms with Crippen LogP contribution in [0.4, 0.5) is 0 Å². The van der Waals surface area contributed by atoms with Crippen molar-refractivity contribution in [1.82, 2.24) is 4.90 Å². The van der Waals surface area contributed by atoms with Gasteiger partial charge in [0, 0.05) is 42.9 Å². The summed E-state index contributed by atoms with van der Waals surface area (Å²) in [4.78, 5) is 29.3. The van der Waals surface area contributed by atoms with Gasteiger partial charge in [-0.15, -0.1) is 0 Å². The summed E-state index contributed by atoms with van der Waals surface area (Å²) in [7, 11) is -0.553. The van der Waals surface area contributed by atoms with Crippen LogP contribution in [0.5, 0.6) is 17.2 Å². The Balaban J connectivity index is 1.45. The second-order valence-electron chi connectivity index (χ2n) is 15.7. The molecule has 2 aromatic carbocycles. The van der Waals surface area contributed by atoms with Crippen LogP contribution in [-0.4, -0.2) is 62.6 Å². The van der Waals surface area contributed by atoms with Gasteiger partial charge >= 0.3 is 0 Å². The summed E-state index contributed by atoms with van der Waals surface area (Å²) < 4.78 is 26.9. The maximum atomic E-state index is 13.7. The molecular formula is C39H54BrNO6SSi. The minimum atomic E-state index is -2.23. The van der Waals surface area contributed by atoms with Gasteiger partial charge in [-0.2, -0.15) is 11.8 Å². The van der Waals surface area contributed by atoms with Crippen LogP contribution in [0, 0.1) is 5.92 Å². The molecule has 268 valence electrons. The van der Waals surface area contributed by atoms with Crippen molar-refractivity contribution in [3.8, 4) is 17.2 Å². The predicted octanol–water partition coefficient (Wildman–Crippen LogP) is 9.22. The van der Waals surface area contributed by atoms with Crippen molar-refractivity contribution < 1.29 is 28.2 Å². The number of halogens is 1. The van der Waals surface area contributed by atoms with Gasteiger partial charge in [-0.1, -0.05) is 53.7 Å². The van der Waals surface area contributed by atoms with E-state index < -0.39 is 13.7 Å². The second kappa shape index (κ2) is 14.5. The van der Waals surface area contributed by atoms with Crippen LogP contribution in [0.1, 0.15) is 97.3 Å². The number of thioether (sulfide) groups is 1. The standard InChI is InChI=1S/C39H54BrNO6SSi/c1-23(2)49(24(3)4,25(5)6)46-21-30-18-39-34(16-31(43)17-35(39)48-22-28-11-13-32(44-8)14-12-28)47-38-36(39)29(19-41(30)26(7)42)15-33(37(38)40)45-20-27-9-10-27/h11-15,23-25,27,30,34-35H,9-10,16-22H2,1-8H3/t30-,34+,35+,39+/m0/s1. The Morgan fingerprint density at radius 2 is 1.73 bits per heavy atom. The first-order chi connectivity index (χ1) is 23.3. The molecule has 0 radical (unpaired) electrons. The molecule has 2 saturated carbocycles. The first-order valence-corrected chi connectivity index (χ1v) is 22.1. The van der Waals surface area contributed by atoms with E-state index in [9.17, 15) is 9.59 Å². The van der Waals surface area contributed by atoms with E-state index in [0.29, 0.717) is 61.6 Å². The molecule has 0 aromatic heterocycles. The van der Waals surface area contributed by atoms with Gasteiger partial charge in [0.2, 0.25) is 5.91 Å². The summed E-state index contributed by atoms with van der Waals surface area (Å²) in [6, 6.07) is 10.2. The number of hydrogen-bond donors (Lipinski definition) is 0. The third-order valence-corrected chi connectivity index (χ3v) is 20.1. The molecule has 0 unspecified atom stereocenters. The molecule has 2 aliphatic heterocycles. The number of amides is 1. The van der Waals surface area contributed by atoms with Crippen molar-refractivity contribution in [2.24, 2.45) is 5.92 Å². The predicted molar refractivity (Wildman–Crippen MR) is 202 cm³/mol. The molecule has 2 heterocycles. The van der Waals surface area contributed by atoms with Crippen molar-refractivity contribution in [3.63, 3.8) is 0 Å². The topological polar surface area (TPSA) is 74.3 Å². The van der Waals surface area contributed by atoms with Gasteiger partial charge in [0.25, 0.3) is 0 Å². The Labute approximate surface area is 306 Å². The van der Waals surface area contributed by atoms with E-state index >= 15 is 0 Å².